The van der Waals surface area contributed by atoms with Crippen LogP contribution in [-0.2, 0) is 29.0 Å². The summed E-state index contributed by atoms with van der Waals surface area (Å²) in [4.78, 5) is 30.5. The van der Waals surface area contributed by atoms with Gasteiger partial charge in [0.05, 0.1) is 23.8 Å². The monoisotopic (exact) mass is 556 g/mol. The minimum absolute atomic E-state index is 0.0456. The number of benzene rings is 3. The lowest BCUT2D eigenvalue weighted by atomic mass is 10.2. The number of aryl methyl sites for hydroxylation is 1. The van der Waals surface area contributed by atoms with Crippen LogP contribution >= 0.6 is 0 Å². The number of nitrogens with zero attached hydrogens (tertiary/aromatic N) is 3. The second kappa shape index (κ2) is 12.0. The number of hydrogen-bond acceptors (Lipinski definition) is 7. The van der Waals surface area contributed by atoms with Crippen molar-refractivity contribution < 1.29 is 28.9 Å². The van der Waals surface area contributed by atoms with Crippen molar-refractivity contribution in [2.24, 2.45) is 0 Å². The summed E-state index contributed by atoms with van der Waals surface area (Å²) >= 11 is 0. The number of methoxy groups -OCH3 is 1. The van der Waals surface area contributed by atoms with E-state index in [4.69, 9.17) is 19.2 Å². The summed E-state index contributed by atoms with van der Waals surface area (Å²) in [5.74, 6) is 1.47. The Morgan fingerprint density at radius 2 is 1.80 bits per heavy atom. The van der Waals surface area contributed by atoms with Gasteiger partial charge in [-0.05, 0) is 55.8 Å². The molecule has 1 amide bonds. The van der Waals surface area contributed by atoms with Crippen LogP contribution in [0.1, 0.15) is 37.0 Å². The van der Waals surface area contributed by atoms with E-state index in [1.165, 1.54) is 0 Å². The smallest absolute Gasteiger partial charge is 0.416 e. The van der Waals surface area contributed by atoms with Gasteiger partial charge in [-0.3, -0.25) is 9.69 Å². The first-order chi connectivity index (χ1) is 19.8. The van der Waals surface area contributed by atoms with Crippen LogP contribution in [0.2, 0.25) is 0 Å². The maximum atomic E-state index is 12.9. The molecular formula is C31H32N4O6. The summed E-state index contributed by atoms with van der Waals surface area (Å²) < 4.78 is 18.8. The van der Waals surface area contributed by atoms with E-state index in [-0.39, 0.29) is 18.5 Å². The molecule has 0 aliphatic carbocycles. The largest absolute Gasteiger partial charge is 0.497 e. The maximum absolute atomic E-state index is 12.9. The van der Waals surface area contributed by atoms with Gasteiger partial charge >= 0.3 is 12.1 Å². The number of aromatic nitrogens is 2. The van der Waals surface area contributed by atoms with Gasteiger partial charge in [0, 0.05) is 25.1 Å². The van der Waals surface area contributed by atoms with Crippen molar-refractivity contribution in [1.29, 1.82) is 0 Å². The number of allylic oxidation sites excluding steroid dienone is 2. The highest BCUT2D eigenvalue weighted by Crippen LogP contribution is 2.29. The first-order valence-electron chi connectivity index (χ1n) is 13.3. The van der Waals surface area contributed by atoms with Gasteiger partial charge in [-0.2, -0.15) is 0 Å². The summed E-state index contributed by atoms with van der Waals surface area (Å²) in [7, 11) is 1.54. The van der Waals surface area contributed by atoms with Gasteiger partial charge in [-0.1, -0.05) is 36.4 Å². The molecule has 1 unspecified atom stereocenters. The Balaban J connectivity index is 1.33. The molecule has 5 rings (SSSR count). The molecule has 2 N–H and O–H groups in total. The zero-order valence-corrected chi connectivity index (χ0v) is 23.2. The van der Waals surface area contributed by atoms with E-state index in [0.717, 1.165) is 50.9 Å². The first kappa shape index (κ1) is 27.6. The predicted octanol–water partition coefficient (Wildman–Crippen LogP) is 5.24. The Morgan fingerprint density at radius 1 is 1.07 bits per heavy atom. The van der Waals surface area contributed by atoms with Gasteiger partial charge in [0.1, 0.15) is 29.6 Å². The molecule has 0 fully saturated rings. The highest BCUT2D eigenvalue weighted by Gasteiger charge is 2.25. The number of carboxylic acids is 1. The van der Waals surface area contributed by atoms with Crippen molar-refractivity contribution in [3.63, 3.8) is 0 Å². The lowest BCUT2D eigenvalue weighted by Crippen LogP contribution is -2.37. The average Bonchev–Trinajstić information content (AvgIpc) is 3.52. The number of amides is 1. The Morgan fingerprint density at radius 3 is 2.49 bits per heavy atom. The zero-order valence-electron chi connectivity index (χ0n) is 23.2. The number of rotatable bonds is 10. The van der Waals surface area contributed by atoms with E-state index >= 15 is 0 Å². The SMILES string of the molecule is CCn1c(CC2=C(C)OC(c3ccccc3)N2)nc2cc(CN(CC(=O)O)C(=O)Oc3ccc(OC)cc3)ccc21. The third kappa shape index (κ3) is 6.27. The Hall–Kier alpha value is -4.99. The maximum Gasteiger partial charge on any atom is 0.416 e. The Kier molecular flexibility index (Phi) is 8.09. The molecule has 10 heteroatoms. The van der Waals surface area contributed by atoms with E-state index in [1.807, 2.05) is 55.5 Å². The Bertz CT molecular complexity index is 1580. The van der Waals surface area contributed by atoms with Crippen molar-refractivity contribution in [2.45, 2.75) is 39.6 Å². The van der Waals surface area contributed by atoms with Crippen LogP contribution in [0, 0.1) is 0 Å². The van der Waals surface area contributed by atoms with E-state index < -0.39 is 18.6 Å². The second-order valence-corrected chi connectivity index (χ2v) is 9.65. The van der Waals surface area contributed by atoms with Gasteiger partial charge < -0.3 is 29.2 Å². The third-order valence-corrected chi connectivity index (χ3v) is 6.89. The van der Waals surface area contributed by atoms with Crippen LogP contribution in [0.5, 0.6) is 11.5 Å². The number of ether oxygens (including phenoxy) is 3. The fraction of sp³-hybridized carbons (Fsp3) is 0.258. The number of carbonyl (C=O) groups excluding carboxylic acids is 1. The van der Waals surface area contributed by atoms with Crippen molar-refractivity contribution in [1.82, 2.24) is 19.8 Å². The topological polar surface area (TPSA) is 115 Å². The number of carboxylic acid groups (broad SMARTS) is 1. The van der Waals surface area contributed by atoms with Gasteiger partial charge in [0.15, 0.2) is 6.23 Å². The van der Waals surface area contributed by atoms with E-state index in [0.29, 0.717) is 12.2 Å². The number of fused-ring (bicyclic) bond motifs is 1. The predicted molar refractivity (Wildman–Crippen MR) is 152 cm³/mol. The first-order valence-corrected chi connectivity index (χ1v) is 13.3. The molecule has 1 aromatic heterocycles. The van der Waals surface area contributed by atoms with Crippen molar-refractivity contribution in [2.75, 3.05) is 13.7 Å². The normalized spacial score (nSPS) is 14.5. The molecule has 1 atom stereocenters. The van der Waals surface area contributed by atoms with Gasteiger partial charge in [0.25, 0.3) is 0 Å². The van der Waals surface area contributed by atoms with Crippen LogP contribution < -0.4 is 14.8 Å². The zero-order chi connectivity index (χ0) is 28.9. The van der Waals surface area contributed by atoms with E-state index in [9.17, 15) is 14.7 Å². The standard InChI is InChI=1S/C31H32N4O6/c1-4-35-27-15-10-21(18-34(19-29(36)37)31(38)41-24-13-11-23(39-3)12-14-24)16-26(27)32-28(35)17-25-20(2)40-30(33-25)22-8-6-5-7-9-22/h5-16,30,33H,4,17-19H2,1-3H3,(H,36,37). The summed E-state index contributed by atoms with van der Waals surface area (Å²) in [6.07, 6.45) is -0.443. The molecule has 41 heavy (non-hydrogen) atoms. The number of imidazole rings is 1. The lowest BCUT2D eigenvalue weighted by molar-refractivity contribution is -0.138. The fourth-order valence-electron chi connectivity index (χ4n) is 4.84. The van der Waals surface area contributed by atoms with Crippen LogP contribution in [0.25, 0.3) is 11.0 Å². The second-order valence-electron chi connectivity index (χ2n) is 9.65. The van der Waals surface area contributed by atoms with Crippen molar-refractivity contribution >= 4 is 23.1 Å². The number of hydrogen-bond donors (Lipinski definition) is 2. The third-order valence-electron chi connectivity index (χ3n) is 6.89. The molecule has 3 aromatic carbocycles. The molecule has 0 saturated heterocycles. The number of nitrogens with one attached hydrogen (secondary N) is 1. The highest BCUT2D eigenvalue weighted by atomic mass is 16.6. The van der Waals surface area contributed by atoms with E-state index in [1.54, 1.807) is 31.4 Å². The van der Waals surface area contributed by atoms with Crippen LogP contribution in [0.4, 0.5) is 4.79 Å². The molecular weight excluding hydrogens is 524 g/mol. The van der Waals surface area contributed by atoms with E-state index in [2.05, 4.69) is 16.8 Å². The molecule has 0 bridgehead atoms. The summed E-state index contributed by atoms with van der Waals surface area (Å²) in [6.45, 7) is 4.27. The van der Waals surface area contributed by atoms with Crippen molar-refractivity contribution in [3.8, 4) is 11.5 Å². The highest BCUT2D eigenvalue weighted by molar-refractivity contribution is 5.79. The van der Waals surface area contributed by atoms with Crippen LogP contribution in [0.3, 0.4) is 0 Å². The number of carbonyl (C=O) groups is 2. The molecule has 0 saturated carbocycles. The molecule has 212 valence electrons. The quantitative estimate of drug-likeness (QED) is 0.272. The van der Waals surface area contributed by atoms with Crippen molar-refractivity contribution in [3.05, 3.63) is 101 Å². The van der Waals surface area contributed by atoms with Gasteiger partial charge in [-0.15, -0.1) is 0 Å². The molecule has 10 nitrogen and oxygen atoms in total. The lowest BCUT2D eigenvalue weighted by Gasteiger charge is -2.20. The van der Waals surface area contributed by atoms with Gasteiger partial charge in [0.2, 0.25) is 0 Å². The number of aliphatic carboxylic acids is 1. The van der Waals surface area contributed by atoms with Gasteiger partial charge in [-0.25, -0.2) is 9.78 Å². The molecule has 4 aromatic rings. The molecule has 1 aliphatic rings. The van der Waals surface area contributed by atoms with Crippen LogP contribution in [-0.4, -0.2) is 45.3 Å². The minimum atomic E-state index is -1.14. The molecule has 0 spiro atoms. The summed E-state index contributed by atoms with van der Waals surface area (Å²) in [5, 5.41) is 12.9. The molecule has 1 aliphatic heterocycles. The fourth-order valence-corrected chi connectivity index (χ4v) is 4.84. The Labute approximate surface area is 237 Å². The molecule has 2 heterocycles. The summed E-state index contributed by atoms with van der Waals surface area (Å²) in [6, 6.07) is 22.2. The average molecular weight is 557 g/mol. The van der Waals surface area contributed by atoms with Crippen LogP contribution in [0.15, 0.2) is 84.3 Å². The molecule has 0 radical (unpaired) electrons. The summed E-state index contributed by atoms with van der Waals surface area (Å²) in [5.41, 5.74) is 4.47. The minimum Gasteiger partial charge on any atom is -0.497 e.